The van der Waals surface area contributed by atoms with E-state index in [0.717, 1.165) is 25.3 Å². The number of carbonyl (C=O) groups excluding carboxylic acids is 1. The predicted octanol–water partition coefficient (Wildman–Crippen LogP) is 2.19. The second-order valence-electron chi connectivity index (χ2n) is 5.19. The normalized spacial score (nSPS) is 20.6. The molecule has 1 saturated heterocycles. The van der Waals surface area contributed by atoms with E-state index in [1.54, 1.807) is 11.3 Å². The maximum absolute atomic E-state index is 12.5. The monoisotopic (exact) mass is 298 g/mol. The third-order valence-corrected chi connectivity index (χ3v) is 5.31. The maximum atomic E-state index is 12.5. The molecule has 1 aliphatic rings. The largest absolute Gasteiger partial charge is 0.337 e. The van der Waals surface area contributed by atoms with Gasteiger partial charge in [-0.3, -0.25) is 4.79 Å². The Balaban J connectivity index is 2.01. The molecule has 2 rings (SSSR count). The van der Waals surface area contributed by atoms with Gasteiger partial charge in [0.05, 0.1) is 12.5 Å². The Morgan fingerprint density at radius 3 is 3.05 bits per heavy atom. The number of amides is 1. The van der Waals surface area contributed by atoms with Crippen molar-refractivity contribution in [3.63, 3.8) is 0 Å². The highest BCUT2D eigenvalue weighted by Gasteiger charge is 2.26. The molecule has 19 heavy (non-hydrogen) atoms. The van der Waals surface area contributed by atoms with Gasteiger partial charge in [0.25, 0.3) is 0 Å². The smallest absolute Gasteiger partial charge is 0.228 e. The van der Waals surface area contributed by atoms with E-state index in [2.05, 4.69) is 30.0 Å². The summed E-state index contributed by atoms with van der Waals surface area (Å²) in [7, 11) is 4.16. The zero-order chi connectivity index (χ0) is 13.7. The van der Waals surface area contributed by atoms with Crippen LogP contribution >= 0.6 is 23.1 Å². The van der Waals surface area contributed by atoms with E-state index in [1.807, 2.05) is 23.2 Å². The maximum Gasteiger partial charge on any atom is 0.228 e. The summed E-state index contributed by atoms with van der Waals surface area (Å²) in [5.74, 6) is 2.53. The van der Waals surface area contributed by atoms with Gasteiger partial charge in [-0.25, -0.2) is 0 Å². The molecule has 0 bridgehead atoms. The molecule has 1 aromatic rings. The molecule has 106 valence electrons. The van der Waals surface area contributed by atoms with Gasteiger partial charge < -0.3 is 9.80 Å². The molecule has 5 heteroatoms. The van der Waals surface area contributed by atoms with Crippen LogP contribution in [0.4, 0.5) is 0 Å². The number of hydrogen-bond acceptors (Lipinski definition) is 4. The van der Waals surface area contributed by atoms with Crippen molar-refractivity contribution in [1.82, 2.24) is 9.80 Å². The van der Waals surface area contributed by atoms with Crippen LogP contribution in [0.3, 0.4) is 0 Å². The summed E-state index contributed by atoms with van der Waals surface area (Å²) in [6.07, 6.45) is 1.68. The minimum absolute atomic E-state index is 0.289. The van der Waals surface area contributed by atoms with Gasteiger partial charge in [0.2, 0.25) is 5.91 Å². The van der Waals surface area contributed by atoms with Crippen molar-refractivity contribution in [1.29, 1.82) is 0 Å². The van der Waals surface area contributed by atoms with Crippen molar-refractivity contribution < 1.29 is 4.79 Å². The fraction of sp³-hybridized carbons (Fsp3) is 0.643. The average molecular weight is 298 g/mol. The molecule has 1 atom stereocenters. The standard InChI is InChI=1S/C14H22N2OS2/c1-15(2)10-12-11-18-7-4-6-16(12)14(17)9-13-5-3-8-19-13/h3,5,8,12H,4,6-7,9-11H2,1-2H3. The zero-order valence-electron chi connectivity index (χ0n) is 11.7. The van der Waals surface area contributed by atoms with Gasteiger partial charge in [0.1, 0.15) is 0 Å². The molecule has 3 nitrogen and oxygen atoms in total. The second-order valence-corrected chi connectivity index (χ2v) is 7.37. The molecule has 1 aliphatic heterocycles. The van der Waals surface area contributed by atoms with E-state index in [1.165, 1.54) is 10.6 Å². The molecule has 0 N–H and O–H groups in total. The lowest BCUT2D eigenvalue weighted by molar-refractivity contribution is -0.132. The number of likely N-dealkylation sites (N-methyl/N-ethyl adjacent to an activating group) is 1. The van der Waals surface area contributed by atoms with Crippen molar-refractivity contribution in [2.75, 3.05) is 38.7 Å². The summed E-state index contributed by atoms with van der Waals surface area (Å²) >= 11 is 3.65. The van der Waals surface area contributed by atoms with Crippen LogP contribution in [0.25, 0.3) is 0 Å². The molecular weight excluding hydrogens is 276 g/mol. The second kappa shape index (κ2) is 7.31. The Morgan fingerprint density at radius 2 is 2.37 bits per heavy atom. The molecule has 2 heterocycles. The van der Waals surface area contributed by atoms with Crippen LogP contribution in [0.1, 0.15) is 11.3 Å². The van der Waals surface area contributed by atoms with Gasteiger partial charge >= 0.3 is 0 Å². The molecule has 1 aromatic heterocycles. The number of thiophene rings is 1. The number of hydrogen-bond donors (Lipinski definition) is 0. The van der Waals surface area contributed by atoms with Gasteiger partial charge in [-0.15, -0.1) is 11.3 Å². The molecule has 0 saturated carbocycles. The topological polar surface area (TPSA) is 23.6 Å². The van der Waals surface area contributed by atoms with Gasteiger partial charge in [-0.05, 0) is 37.7 Å². The summed E-state index contributed by atoms with van der Waals surface area (Å²) in [5.41, 5.74) is 0. The minimum Gasteiger partial charge on any atom is -0.337 e. The average Bonchev–Trinajstić information content (AvgIpc) is 2.74. The fourth-order valence-corrected chi connectivity index (χ4v) is 4.15. The molecule has 1 amide bonds. The van der Waals surface area contributed by atoms with Gasteiger partial charge in [-0.2, -0.15) is 11.8 Å². The first-order chi connectivity index (χ1) is 9.16. The van der Waals surface area contributed by atoms with Crippen LogP contribution in [0, 0.1) is 0 Å². The minimum atomic E-state index is 0.289. The first-order valence-electron chi connectivity index (χ1n) is 6.71. The first-order valence-corrected chi connectivity index (χ1v) is 8.74. The van der Waals surface area contributed by atoms with Crippen molar-refractivity contribution >= 4 is 29.0 Å². The third kappa shape index (κ3) is 4.51. The number of thioether (sulfide) groups is 1. The van der Waals surface area contributed by atoms with E-state index in [-0.39, 0.29) is 5.91 Å². The molecule has 1 unspecified atom stereocenters. The van der Waals surface area contributed by atoms with E-state index in [0.29, 0.717) is 12.5 Å². The summed E-state index contributed by atoms with van der Waals surface area (Å²) < 4.78 is 0. The highest BCUT2D eigenvalue weighted by atomic mass is 32.2. The van der Waals surface area contributed by atoms with Crippen LogP contribution < -0.4 is 0 Å². The van der Waals surface area contributed by atoms with E-state index in [4.69, 9.17) is 0 Å². The summed E-state index contributed by atoms with van der Waals surface area (Å²) in [6.45, 7) is 1.87. The van der Waals surface area contributed by atoms with Gasteiger partial charge in [0, 0.05) is 23.7 Å². The first kappa shape index (κ1) is 14.9. The Labute approximate surface area is 124 Å². The molecule has 0 radical (unpaired) electrons. The lowest BCUT2D eigenvalue weighted by Gasteiger charge is -2.31. The zero-order valence-corrected chi connectivity index (χ0v) is 13.3. The van der Waals surface area contributed by atoms with E-state index >= 15 is 0 Å². The molecule has 0 spiro atoms. The molecule has 1 fully saturated rings. The Bertz CT molecular complexity index is 392. The Hall–Kier alpha value is -0.520. The van der Waals surface area contributed by atoms with Crippen molar-refractivity contribution in [3.05, 3.63) is 22.4 Å². The lowest BCUT2D eigenvalue weighted by Crippen LogP contribution is -2.47. The van der Waals surface area contributed by atoms with Crippen LogP contribution in [0.15, 0.2) is 17.5 Å². The summed E-state index contributed by atoms with van der Waals surface area (Å²) in [4.78, 5) is 18.0. The SMILES string of the molecule is CN(C)CC1CSCCCN1C(=O)Cc1cccs1. The van der Waals surface area contributed by atoms with Gasteiger partial charge in [0.15, 0.2) is 0 Å². The van der Waals surface area contributed by atoms with Crippen LogP contribution in [-0.2, 0) is 11.2 Å². The summed E-state index contributed by atoms with van der Waals surface area (Å²) in [5, 5.41) is 2.04. The molecule has 0 aliphatic carbocycles. The van der Waals surface area contributed by atoms with Crippen LogP contribution in [0.2, 0.25) is 0 Å². The van der Waals surface area contributed by atoms with Crippen molar-refractivity contribution in [3.8, 4) is 0 Å². The highest BCUT2D eigenvalue weighted by Crippen LogP contribution is 2.19. The highest BCUT2D eigenvalue weighted by molar-refractivity contribution is 7.99. The van der Waals surface area contributed by atoms with Crippen molar-refractivity contribution in [2.45, 2.75) is 18.9 Å². The number of carbonyl (C=O) groups is 1. The third-order valence-electron chi connectivity index (χ3n) is 3.24. The van der Waals surface area contributed by atoms with E-state index < -0.39 is 0 Å². The number of rotatable bonds is 4. The lowest BCUT2D eigenvalue weighted by atomic mass is 10.2. The molecule has 0 aromatic carbocycles. The Kier molecular flexibility index (Phi) is 5.73. The number of nitrogens with zero attached hydrogens (tertiary/aromatic N) is 2. The fourth-order valence-electron chi connectivity index (χ4n) is 2.39. The quantitative estimate of drug-likeness (QED) is 0.851. The van der Waals surface area contributed by atoms with Crippen LogP contribution in [0.5, 0.6) is 0 Å². The summed E-state index contributed by atoms with van der Waals surface area (Å²) in [6, 6.07) is 4.42. The van der Waals surface area contributed by atoms with Crippen molar-refractivity contribution in [2.24, 2.45) is 0 Å². The van der Waals surface area contributed by atoms with Crippen LogP contribution in [-0.4, -0.2) is 60.4 Å². The van der Waals surface area contributed by atoms with Gasteiger partial charge in [-0.1, -0.05) is 6.07 Å². The Morgan fingerprint density at radius 1 is 1.53 bits per heavy atom. The predicted molar refractivity (Wildman–Crippen MR) is 84.0 cm³/mol. The molecular formula is C14H22N2OS2. The van der Waals surface area contributed by atoms with E-state index in [9.17, 15) is 4.79 Å².